The van der Waals surface area contributed by atoms with Crippen LogP contribution in [0.1, 0.15) is 29.6 Å². The van der Waals surface area contributed by atoms with Crippen molar-refractivity contribution in [1.82, 2.24) is 4.90 Å². The van der Waals surface area contributed by atoms with Crippen molar-refractivity contribution in [3.63, 3.8) is 0 Å². The topological polar surface area (TPSA) is 29.5 Å². The number of rotatable bonds is 2. The molecule has 0 bridgehead atoms. The molecule has 2 rings (SSSR count). The quantitative estimate of drug-likeness (QED) is 0.839. The molecule has 0 spiro atoms. The van der Waals surface area contributed by atoms with Gasteiger partial charge in [-0.25, -0.2) is 0 Å². The normalized spacial score (nSPS) is 15.8. The number of likely N-dealkylation sites (tertiary alicyclic amines) is 1. The third kappa shape index (κ3) is 2.80. The predicted molar refractivity (Wildman–Crippen MR) is 70.4 cm³/mol. The van der Waals surface area contributed by atoms with E-state index in [1.165, 1.54) is 6.42 Å². The number of halogens is 1. The van der Waals surface area contributed by atoms with Crippen molar-refractivity contribution in [2.75, 3.05) is 20.2 Å². The highest BCUT2D eigenvalue weighted by Crippen LogP contribution is 2.25. The highest BCUT2D eigenvalue weighted by Gasteiger charge is 2.21. The molecule has 1 aliphatic rings. The number of piperidine rings is 1. The molecule has 0 atom stereocenters. The van der Waals surface area contributed by atoms with Gasteiger partial charge in [0.05, 0.1) is 12.7 Å². The molecule has 0 saturated carbocycles. The fourth-order valence-electron chi connectivity index (χ4n) is 2.11. The number of ether oxygens (including phenoxy) is 1. The van der Waals surface area contributed by atoms with E-state index in [1.807, 2.05) is 23.1 Å². The Labute approximate surface area is 110 Å². The van der Waals surface area contributed by atoms with E-state index >= 15 is 0 Å². The lowest BCUT2D eigenvalue weighted by molar-refractivity contribution is 0.0721. The molecular formula is C13H16BrNO2. The molecule has 1 aromatic rings. The minimum absolute atomic E-state index is 0.0778. The van der Waals surface area contributed by atoms with Crippen LogP contribution in [0.15, 0.2) is 22.7 Å². The van der Waals surface area contributed by atoms with Gasteiger partial charge in [0.2, 0.25) is 0 Å². The number of amides is 1. The number of benzene rings is 1. The fourth-order valence-corrected chi connectivity index (χ4v) is 2.45. The van der Waals surface area contributed by atoms with Crippen molar-refractivity contribution in [3.05, 3.63) is 28.2 Å². The molecule has 1 fully saturated rings. The second kappa shape index (κ2) is 5.54. The Kier molecular flexibility index (Phi) is 4.05. The van der Waals surface area contributed by atoms with Crippen LogP contribution >= 0.6 is 15.9 Å². The maximum atomic E-state index is 12.3. The Morgan fingerprint density at radius 3 is 2.65 bits per heavy atom. The molecule has 0 radical (unpaired) electrons. The lowest BCUT2D eigenvalue weighted by Crippen LogP contribution is -2.35. The summed E-state index contributed by atoms with van der Waals surface area (Å²) in [5.74, 6) is 0.712. The van der Waals surface area contributed by atoms with E-state index in [2.05, 4.69) is 15.9 Å². The first kappa shape index (κ1) is 12.4. The number of methoxy groups -OCH3 is 1. The lowest BCUT2D eigenvalue weighted by atomic mass is 10.1. The Morgan fingerprint density at radius 2 is 2.00 bits per heavy atom. The first-order valence-electron chi connectivity index (χ1n) is 5.85. The first-order valence-corrected chi connectivity index (χ1v) is 6.64. The maximum Gasteiger partial charge on any atom is 0.257 e. The summed E-state index contributed by atoms with van der Waals surface area (Å²) in [6, 6.07) is 5.52. The van der Waals surface area contributed by atoms with Crippen LogP contribution in [0.3, 0.4) is 0 Å². The Hall–Kier alpha value is -1.03. The summed E-state index contributed by atoms with van der Waals surface area (Å²) in [4.78, 5) is 14.2. The molecule has 0 aliphatic carbocycles. The minimum atomic E-state index is 0.0778. The smallest absolute Gasteiger partial charge is 0.257 e. The molecule has 0 unspecified atom stereocenters. The van der Waals surface area contributed by atoms with Gasteiger partial charge in [0.15, 0.2) is 0 Å². The third-order valence-corrected chi connectivity index (χ3v) is 3.53. The third-order valence-electron chi connectivity index (χ3n) is 3.04. The molecule has 1 amide bonds. The monoisotopic (exact) mass is 297 g/mol. The Morgan fingerprint density at radius 1 is 1.29 bits per heavy atom. The molecule has 3 nitrogen and oxygen atoms in total. The minimum Gasteiger partial charge on any atom is -0.496 e. The van der Waals surface area contributed by atoms with Crippen LogP contribution in [-0.4, -0.2) is 31.0 Å². The van der Waals surface area contributed by atoms with Gasteiger partial charge in [-0.1, -0.05) is 15.9 Å². The van der Waals surface area contributed by atoms with Gasteiger partial charge in [-0.05, 0) is 37.5 Å². The van der Waals surface area contributed by atoms with Crippen molar-refractivity contribution in [2.45, 2.75) is 19.3 Å². The zero-order valence-corrected chi connectivity index (χ0v) is 11.5. The molecule has 1 heterocycles. The van der Waals surface area contributed by atoms with Crippen molar-refractivity contribution in [2.24, 2.45) is 0 Å². The van der Waals surface area contributed by atoms with Crippen LogP contribution in [0.4, 0.5) is 0 Å². The summed E-state index contributed by atoms with van der Waals surface area (Å²) < 4.78 is 6.18. The van der Waals surface area contributed by atoms with E-state index < -0.39 is 0 Å². The van der Waals surface area contributed by atoms with E-state index in [0.29, 0.717) is 11.3 Å². The summed E-state index contributed by atoms with van der Waals surface area (Å²) in [7, 11) is 1.59. The predicted octanol–water partition coefficient (Wildman–Crippen LogP) is 3.08. The van der Waals surface area contributed by atoms with E-state index in [-0.39, 0.29) is 5.91 Å². The molecule has 1 aliphatic heterocycles. The summed E-state index contributed by atoms with van der Waals surface area (Å²) in [6.45, 7) is 1.72. The highest BCUT2D eigenvalue weighted by molar-refractivity contribution is 9.10. The largest absolute Gasteiger partial charge is 0.496 e. The summed E-state index contributed by atoms with van der Waals surface area (Å²) >= 11 is 3.38. The number of carbonyl (C=O) groups excluding carboxylic acids is 1. The molecule has 1 saturated heterocycles. The second-order valence-electron chi connectivity index (χ2n) is 4.20. The van der Waals surface area contributed by atoms with Crippen LogP contribution in [0.2, 0.25) is 0 Å². The average Bonchev–Trinajstić information content (AvgIpc) is 2.39. The Bertz CT molecular complexity index is 414. The summed E-state index contributed by atoms with van der Waals surface area (Å²) in [5.41, 5.74) is 0.651. The van der Waals surface area contributed by atoms with E-state index in [4.69, 9.17) is 4.74 Å². The summed E-state index contributed by atoms with van der Waals surface area (Å²) in [5, 5.41) is 0. The van der Waals surface area contributed by atoms with Crippen LogP contribution in [0.25, 0.3) is 0 Å². The molecular weight excluding hydrogens is 282 g/mol. The van der Waals surface area contributed by atoms with Crippen molar-refractivity contribution in [1.29, 1.82) is 0 Å². The van der Waals surface area contributed by atoms with E-state index in [0.717, 1.165) is 30.4 Å². The zero-order chi connectivity index (χ0) is 12.3. The second-order valence-corrected chi connectivity index (χ2v) is 5.11. The van der Waals surface area contributed by atoms with Crippen LogP contribution in [0, 0.1) is 0 Å². The molecule has 17 heavy (non-hydrogen) atoms. The number of nitrogens with zero attached hydrogens (tertiary/aromatic N) is 1. The van der Waals surface area contributed by atoms with Gasteiger partial charge >= 0.3 is 0 Å². The van der Waals surface area contributed by atoms with E-state index in [9.17, 15) is 4.79 Å². The number of hydrogen-bond acceptors (Lipinski definition) is 2. The van der Waals surface area contributed by atoms with Gasteiger partial charge in [-0.15, -0.1) is 0 Å². The van der Waals surface area contributed by atoms with Crippen LogP contribution in [-0.2, 0) is 0 Å². The van der Waals surface area contributed by atoms with Crippen molar-refractivity contribution < 1.29 is 9.53 Å². The van der Waals surface area contributed by atoms with Gasteiger partial charge < -0.3 is 9.64 Å². The van der Waals surface area contributed by atoms with Gasteiger partial charge in [-0.3, -0.25) is 4.79 Å². The summed E-state index contributed by atoms with van der Waals surface area (Å²) in [6.07, 6.45) is 3.43. The van der Waals surface area contributed by atoms with Crippen LogP contribution < -0.4 is 4.74 Å². The Balaban J connectivity index is 2.23. The van der Waals surface area contributed by atoms with Crippen molar-refractivity contribution in [3.8, 4) is 5.75 Å². The fraction of sp³-hybridized carbons (Fsp3) is 0.462. The molecule has 92 valence electrons. The lowest BCUT2D eigenvalue weighted by Gasteiger charge is -2.27. The van der Waals surface area contributed by atoms with Gasteiger partial charge in [0, 0.05) is 17.6 Å². The standard InChI is InChI=1S/C13H16BrNO2/c1-17-12-9-10(14)5-6-11(12)13(16)15-7-3-2-4-8-15/h5-6,9H,2-4,7-8H2,1H3. The van der Waals surface area contributed by atoms with Crippen molar-refractivity contribution >= 4 is 21.8 Å². The number of carbonyl (C=O) groups is 1. The van der Waals surface area contributed by atoms with Gasteiger partial charge in [-0.2, -0.15) is 0 Å². The van der Waals surface area contributed by atoms with Gasteiger partial charge in [0.1, 0.15) is 5.75 Å². The molecule has 4 heteroatoms. The van der Waals surface area contributed by atoms with E-state index in [1.54, 1.807) is 7.11 Å². The average molecular weight is 298 g/mol. The molecule has 1 aromatic carbocycles. The number of hydrogen-bond donors (Lipinski definition) is 0. The first-order chi connectivity index (χ1) is 8.22. The zero-order valence-electron chi connectivity index (χ0n) is 9.91. The maximum absolute atomic E-state index is 12.3. The van der Waals surface area contributed by atoms with Crippen LogP contribution in [0.5, 0.6) is 5.75 Å². The highest BCUT2D eigenvalue weighted by atomic mass is 79.9. The SMILES string of the molecule is COc1cc(Br)ccc1C(=O)N1CCCCC1. The molecule has 0 aromatic heterocycles. The molecule has 0 N–H and O–H groups in total. The van der Waals surface area contributed by atoms with Gasteiger partial charge in [0.25, 0.3) is 5.91 Å².